The number of nitrogens with one attached hydrogen (secondary N) is 2. The van der Waals surface area contributed by atoms with Crippen LogP contribution >= 0.6 is 0 Å². The molecular formula is C15H22N6O2S. The van der Waals surface area contributed by atoms with Crippen molar-refractivity contribution < 1.29 is 8.42 Å². The van der Waals surface area contributed by atoms with Crippen molar-refractivity contribution in [3.8, 4) is 11.4 Å². The summed E-state index contributed by atoms with van der Waals surface area (Å²) in [5.74, 6) is 1.04. The minimum Gasteiger partial charge on any atom is -0.384 e. The Morgan fingerprint density at radius 1 is 1.29 bits per heavy atom. The van der Waals surface area contributed by atoms with E-state index in [1.807, 2.05) is 0 Å². The van der Waals surface area contributed by atoms with Gasteiger partial charge in [0.1, 0.15) is 0 Å². The van der Waals surface area contributed by atoms with Gasteiger partial charge in [-0.2, -0.15) is 0 Å². The van der Waals surface area contributed by atoms with E-state index in [1.165, 1.54) is 38.3 Å². The predicted octanol–water partition coefficient (Wildman–Crippen LogP) is 2.05. The lowest BCUT2D eigenvalue weighted by Crippen LogP contribution is -2.14. The van der Waals surface area contributed by atoms with Crippen LogP contribution in [0.2, 0.25) is 0 Å². The van der Waals surface area contributed by atoms with Gasteiger partial charge >= 0.3 is 0 Å². The quantitative estimate of drug-likeness (QED) is 0.819. The fraction of sp³-hybridized carbons (Fsp3) is 0.600. The van der Waals surface area contributed by atoms with Crippen LogP contribution in [-0.4, -0.2) is 46.8 Å². The Hall–Kier alpha value is -2.03. The second kappa shape index (κ2) is 7.25. The van der Waals surface area contributed by atoms with E-state index in [0.29, 0.717) is 17.1 Å². The molecule has 0 bridgehead atoms. The SMILES string of the molecule is CS(=O)(=O)c1nccc(NCCC2CCCCC2)c1-c1nnn[nH]1. The Bertz CT molecular complexity index is 769. The van der Waals surface area contributed by atoms with Gasteiger partial charge in [-0.25, -0.2) is 18.5 Å². The molecule has 2 aromatic heterocycles. The summed E-state index contributed by atoms with van der Waals surface area (Å²) in [5, 5.41) is 16.9. The van der Waals surface area contributed by atoms with Crippen molar-refractivity contribution >= 4 is 15.5 Å². The number of anilines is 1. The first-order valence-electron chi connectivity index (χ1n) is 8.23. The monoisotopic (exact) mass is 350 g/mol. The van der Waals surface area contributed by atoms with E-state index in [-0.39, 0.29) is 5.03 Å². The van der Waals surface area contributed by atoms with E-state index >= 15 is 0 Å². The normalized spacial score (nSPS) is 16.2. The van der Waals surface area contributed by atoms with E-state index in [1.54, 1.807) is 6.07 Å². The standard InChI is InChI=1S/C15H22N6O2S/c1-24(22,23)15-13(14-18-20-21-19-14)12(8-10-17-15)16-9-7-11-5-3-2-4-6-11/h8,10-11H,2-7,9H2,1H3,(H,16,17)(H,18,19,20,21). The molecule has 2 aromatic rings. The highest BCUT2D eigenvalue weighted by molar-refractivity contribution is 7.90. The summed E-state index contributed by atoms with van der Waals surface area (Å²) in [6, 6.07) is 1.76. The molecule has 0 amide bonds. The lowest BCUT2D eigenvalue weighted by molar-refractivity contribution is 0.345. The van der Waals surface area contributed by atoms with Crippen molar-refractivity contribution in [1.29, 1.82) is 0 Å². The minimum absolute atomic E-state index is 0.0243. The molecule has 0 spiro atoms. The first kappa shape index (κ1) is 16.8. The summed E-state index contributed by atoms with van der Waals surface area (Å²) in [7, 11) is -3.49. The maximum absolute atomic E-state index is 12.0. The number of hydrogen-bond acceptors (Lipinski definition) is 7. The third-order valence-corrected chi connectivity index (χ3v) is 5.45. The van der Waals surface area contributed by atoms with Crippen molar-refractivity contribution in [2.24, 2.45) is 5.92 Å². The van der Waals surface area contributed by atoms with Gasteiger partial charge in [0.2, 0.25) is 0 Å². The fourth-order valence-corrected chi connectivity index (χ4v) is 4.08. The smallest absolute Gasteiger partial charge is 0.193 e. The average Bonchev–Trinajstić information content (AvgIpc) is 3.09. The number of hydrogen-bond donors (Lipinski definition) is 2. The first-order valence-corrected chi connectivity index (χ1v) is 10.1. The van der Waals surface area contributed by atoms with Crippen LogP contribution in [0.5, 0.6) is 0 Å². The number of rotatable bonds is 6. The van der Waals surface area contributed by atoms with E-state index < -0.39 is 9.84 Å². The second-order valence-corrected chi connectivity index (χ2v) is 8.21. The highest BCUT2D eigenvalue weighted by Gasteiger charge is 2.22. The third-order valence-electron chi connectivity index (χ3n) is 4.44. The van der Waals surface area contributed by atoms with Crippen molar-refractivity contribution in [2.75, 3.05) is 18.1 Å². The third kappa shape index (κ3) is 3.89. The Balaban J connectivity index is 1.82. The number of tetrazole rings is 1. The highest BCUT2D eigenvalue weighted by atomic mass is 32.2. The van der Waals surface area contributed by atoms with Crippen molar-refractivity contribution in [2.45, 2.75) is 43.6 Å². The number of pyridine rings is 1. The molecule has 24 heavy (non-hydrogen) atoms. The first-order chi connectivity index (χ1) is 11.6. The molecule has 3 rings (SSSR count). The molecule has 1 fully saturated rings. The van der Waals surface area contributed by atoms with Crippen LogP contribution in [-0.2, 0) is 9.84 Å². The molecule has 8 nitrogen and oxygen atoms in total. The van der Waals surface area contributed by atoms with Crippen LogP contribution in [0.4, 0.5) is 5.69 Å². The number of sulfone groups is 1. The highest BCUT2D eigenvalue weighted by Crippen LogP contribution is 2.31. The van der Waals surface area contributed by atoms with Crippen molar-refractivity contribution in [3.63, 3.8) is 0 Å². The molecule has 0 aromatic carbocycles. The maximum Gasteiger partial charge on any atom is 0.193 e. The van der Waals surface area contributed by atoms with E-state index in [0.717, 1.165) is 25.1 Å². The second-order valence-electron chi connectivity index (χ2n) is 6.28. The molecular weight excluding hydrogens is 328 g/mol. The Morgan fingerprint density at radius 3 is 2.75 bits per heavy atom. The molecule has 2 heterocycles. The lowest BCUT2D eigenvalue weighted by Gasteiger charge is -2.22. The molecule has 9 heteroatoms. The zero-order valence-electron chi connectivity index (χ0n) is 13.7. The number of aromatic nitrogens is 5. The van der Waals surface area contributed by atoms with Crippen LogP contribution in [0.3, 0.4) is 0 Å². The van der Waals surface area contributed by atoms with Gasteiger partial charge in [-0.3, -0.25) is 0 Å². The molecule has 0 unspecified atom stereocenters. The summed E-state index contributed by atoms with van der Waals surface area (Å²) >= 11 is 0. The van der Waals surface area contributed by atoms with Gasteiger partial charge in [-0.05, 0) is 28.8 Å². The summed E-state index contributed by atoms with van der Waals surface area (Å²) < 4.78 is 24.1. The Morgan fingerprint density at radius 2 is 2.08 bits per heavy atom. The number of aromatic amines is 1. The Labute approximate surface area is 141 Å². The van der Waals surface area contributed by atoms with Crippen LogP contribution in [0.15, 0.2) is 17.3 Å². The van der Waals surface area contributed by atoms with Crippen LogP contribution in [0.25, 0.3) is 11.4 Å². The zero-order chi connectivity index (χ0) is 17.0. The summed E-state index contributed by atoms with van der Waals surface area (Å²) in [4.78, 5) is 4.02. The predicted molar refractivity (Wildman–Crippen MR) is 90.2 cm³/mol. The molecule has 0 atom stereocenters. The van der Waals surface area contributed by atoms with E-state index in [2.05, 4.69) is 30.9 Å². The number of nitrogens with zero attached hydrogens (tertiary/aromatic N) is 4. The van der Waals surface area contributed by atoms with Crippen LogP contribution < -0.4 is 5.32 Å². The van der Waals surface area contributed by atoms with Gasteiger partial charge in [0, 0.05) is 24.7 Å². The van der Waals surface area contributed by atoms with Gasteiger partial charge < -0.3 is 5.32 Å². The van der Waals surface area contributed by atoms with Crippen LogP contribution in [0, 0.1) is 5.92 Å². The van der Waals surface area contributed by atoms with Gasteiger partial charge in [0.05, 0.1) is 5.56 Å². The maximum atomic E-state index is 12.0. The van der Waals surface area contributed by atoms with E-state index in [4.69, 9.17) is 0 Å². The fourth-order valence-electron chi connectivity index (χ4n) is 3.25. The summed E-state index contributed by atoms with van der Waals surface area (Å²) in [6.07, 6.45) is 10.2. The molecule has 1 saturated carbocycles. The largest absolute Gasteiger partial charge is 0.384 e. The molecule has 1 aliphatic rings. The van der Waals surface area contributed by atoms with Crippen molar-refractivity contribution in [1.82, 2.24) is 25.6 Å². The van der Waals surface area contributed by atoms with Crippen molar-refractivity contribution in [3.05, 3.63) is 12.3 Å². The molecule has 0 aliphatic heterocycles. The molecule has 2 N–H and O–H groups in total. The summed E-state index contributed by atoms with van der Waals surface area (Å²) in [6.45, 7) is 0.784. The molecule has 130 valence electrons. The van der Waals surface area contributed by atoms with Gasteiger partial charge in [0.15, 0.2) is 20.7 Å². The Kier molecular flexibility index (Phi) is 5.08. The number of H-pyrrole nitrogens is 1. The van der Waals surface area contributed by atoms with E-state index in [9.17, 15) is 8.42 Å². The zero-order valence-corrected chi connectivity index (χ0v) is 14.5. The van der Waals surface area contributed by atoms with Gasteiger partial charge in [-0.1, -0.05) is 32.1 Å². The van der Waals surface area contributed by atoms with Gasteiger partial charge in [-0.15, -0.1) is 5.10 Å². The minimum atomic E-state index is -3.49. The average molecular weight is 350 g/mol. The topological polar surface area (TPSA) is 114 Å². The van der Waals surface area contributed by atoms with Gasteiger partial charge in [0.25, 0.3) is 0 Å². The lowest BCUT2D eigenvalue weighted by atomic mass is 9.87. The summed E-state index contributed by atoms with van der Waals surface area (Å²) in [5.41, 5.74) is 1.08. The molecule has 0 radical (unpaired) electrons. The molecule has 1 aliphatic carbocycles. The van der Waals surface area contributed by atoms with Crippen LogP contribution in [0.1, 0.15) is 38.5 Å². The molecule has 0 saturated heterocycles.